The minimum absolute atomic E-state index is 0. The van der Waals surface area contributed by atoms with Crippen LogP contribution in [0, 0.1) is 5.92 Å². The van der Waals surface area contributed by atoms with Gasteiger partial charge >= 0.3 is 0 Å². The molecule has 1 aromatic heterocycles. The third-order valence-corrected chi connectivity index (χ3v) is 6.51. The smallest absolute Gasteiger partial charge is 0.244 e. The Kier molecular flexibility index (Phi) is 5.96. The normalized spacial score (nSPS) is 23.8. The van der Waals surface area contributed by atoms with Gasteiger partial charge in [0.1, 0.15) is 4.90 Å². The summed E-state index contributed by atoms with van der Waals surface area (Å²) in [5.41, 5.74) is 5.89. The van der Waals surface area contributed by atoms with Crippen LogP contribution in [0.25, 0.3) is 0 Å². The summed E-state index contributed by atoms with van der Waals surface area (Å²) in [6, 6.07) is 2.49. The van der Waals surface area contributed by atoms with Crippen molar-refractivity contribution >= 4 is 32.3 Å². The molecule has 126 valence electrons. The molecule has 0 aromatic carbocycles. The van der Waals surface area contributed by atoms with Crippen molar-refractivity contribution in [2.24, 2.45) is 11.7 Å². The lowest BCUT2D eigenvalue weighted by atomic mass is 9.96. The van der Waals surface area contributed by atoms with Gasteiger partial charge in [-0.25, -0.2) is 21.8 Å². The lowest BCUT2D eigenvalue weighted by Crippen LogP contribution is -2.48. The number of sulfone groups is 1. The molecule has 1 fully saturated rings. The zero-order valence-corrected chi connectivity index (χ0v) is 14.8. The summed E-state index contributed by atoms with van der Waals surface area (Å²) in [4.78, 5) is 3.72. The highest BCUT2D eigenvalue weighted by Gasteiger charge is 2.32. The number of hydrogen-bond donors (Lipinski definition) is 1. The van der Waals surface area contributed by atoms with E-state index in [1.807, 2.05) is 6.92 Å². The molecule has 2 N–H and O–H groups in total. The molecule has 0 amide bonds. The fourth-order valence-corrected chi connectivity index (χ4v) is 4.29. The average molecular weight is 370 g/mol. The van der Waals surface area contributed by atoms with Crippen LogP contribution in [0.4, 0.5) is 0 Å². The van der Waals surface area contributed by atoms with E-state index in [0.717, 1.165) is 12.5 Å². The molecule has 7 nitrogen and oxygen atoms in total. The van der Waals surface area contributed by atoms with Crippen LogP contribution in [0.1, 0.15) is 13.3 Å². The number of sulfonamides is 1. The highest BCUT2D eigenvalue weighted by Crippen LogP contribution is 2.23. The van der Waals surface area contributed by atoms with E-state index in [0.29, 0.717) is 19.5 Å². The zero-order chi connectivity index (χ0) is 15.8. The number of pyridine rings is 1. The number of hydrogen-bond acceptors (Lipinski definition) is 6. The quantitative estimate of drug-likeness (QED) is 0.818. The molecule has 1 saturated heterocycles. The van der Waals surface area contributed by atoms with Gasteiger partial charge in [-0.1, -0.05) is 6.92 Å². The second kappa shape index (κ2) is 6.79. The van der Waals surface area contributed by atoms with E-state index >= 15 is 0 Å². The Labute approximate surface area is 137 Å². The van der Waals surface area contributed by atoms with E-state index in [9.17, 15) is 16.8 Å². The number of piperidine rings is 1. The minimum atomic E-state index is -3.66. The van der Waals surface area contributed by atoms with Gasteiger partial charge in [-0.3, -0.25) is 0 Å². The van der Waals surface area contributed by atoms with Gasteiger partial charge in [0.2, 0.25) is 10.0 Å². The van der Waals surface area contributed by atoms with Gasteiger partial charge in [-0.15, -0.1) is 12.4 Å². The molecule has 2 heterocycles. The van der Waals surface area contributed by atoms with Crippen molar-refractivity contribution in [3.05, 3.63) is 18.3 Å². The Hall–Kier alpha value is -0.740. The topological polar surface area (TPSA) is 110 Å². The molecule has 1 aliphatic heterocycles. The van der Waals surface area contributed by atoms with Crippen molar-refractivity contribution < 1.29 is 16.8 Å². The van der Waals surface area contributed by atoms with Gasteiger partial charge < -0.3 is 5.73 Å². The van der Waals surface area contributed by atoms with Gasteiger partial charge in [0.15, 0.2) is 14.9 Å². The Morgan fingerprint density at radius 3 is 2.36 bits per heavy atom. The molecule has 2 atom stereocenters. The molecule has 0 spiro atoms. The highest BCUT2D eigenvalue weighted by atomic mass is 35.5. The third-order valence-electron chi connectivity index (χ3n) is 3.66. The summed E-state index contributed by atoms with van der Waals surface area (Å²) < 4.78 is 49.0. The van der Waals surface area contributed by atoms with Gasteiger partial charge in [0.05, 0.1) is 0 Å². The first kappa shape index (κ1) is 19.3. The number of nitrogens with zero attached hydrogens (tertiary/aromatic N) is 2. The number of nitrogens with two attached hydrogens (primary N) is 1. The standard InChI is InChI=1S/C12H19N3O4S2.ClH/c1-9-8-15(6-5-11(9)13)21(18,19)10-3-4-12(14-7-10)20(2,16)17;/h3-4,7,9,11H,5-6,8,13H2,1-2H3;1H. The van der Waals surface area contributed by atoms with Crippen LogP contribution >= 0.6 is 12.4 Å². The molecular weight excluding hydrogens is 350 g/mol. The average Bonchev–Trinajstić information content (AvgIpc) is 2.41. The van der Waals surface area contributed by atoms with Crippen molar-refractivity contribution in [1.82, 2.24) is 9.29 Å². The lowest BCUT2D eigenvalue weighted by Gasteiger charge is -2.34. The molecule has 22 heavy (non-hydrogen) atoms. The zero-order valence-electron chi connectivity index (χ0n) is 12.3. The summed E-state index contributed by atoms with van der Waals surface area (Å²) in [7, 11) is -7.10. The van der Waals surface area contributed by atoms with Crippen LogP contribution in [-0.4, -0.2) is 51.5 Å². The molecule has 1 aromatic rings. The van der Waals surface area contributed by atoms with E-state index in [2.05, 4.69) is 4.98 Å². The first-order valence-electron chi connectivity index (χ1n) is 6.54. The van der Waals surface area contributed by atoms with Crippen molar-refractivity contribution in [1.29, 1.82) is 0 Å². The van der Waals surface area contributed by atoms with E-state index in [1.54, 1.807) is 0 Å². The predicted molar refractivity (Wildman–Crippen MR) is 85.1 cm³/mol. The molecule has 0 aliphatic carbocycles. The summed E-state index contributed by atoms with van der Waals surface area (Å²) >= 11 is 0. The van der Waals surface area contributed by atoms with Crippen LogP contribution in [0.5, 0.6) is 0 Å². The largest absolute Gasteiger partial charge is 0.327 e. The maximum absolute atomic E-state index is 12.5. The minimum Gasteiger partial charge on any atom is -0.327 e. The maximum Gasteiger partial charge on any atom is 0.244 e. The summed E-state index contributed by atoms with van der Waals surface area (Å²) in [5.74, 6) is 0.0803. The lowest BCUT2D eigenvalue weighted by molar-refractivity contribution is 0.250. The van der Waals surface area contributed by atoms with Crippen molar-refractivity contribution in [3.8, 4) is 0 Å². The van der Waals surface area contributed by atoms with Crippen LogP contribution in [-0.2, 0) is 19.9 Å². The first-order chi connectivity index (χ1) is 9.62. The Bertz CT molecular complexity index is 719. The fourth-order valence-electron chi connectivity index (χ4n) is 2.23. The van der Waals surface area contributed by atoms with Gasteiger partial charge in [0, 0.05) is 31.6 Å². The van der Waals surface area contributed by atoms with Crippen molar-refractivity contribution in [2.45, 2.75) is 29.3 Å². The van der Waals surface area contributed by atoms with Crippen LogP contribution in [0.3, 0.4) is 0 Å². The molecule has 0 radical (unpaired) electrons. The molecule has 0 bridgehead atoms. The number of rotatable bonds is 3. The Morgan fingerprint density at radius 1 is 1.27 bits per heavy atom. The SMILES string of the molecule is CC1CN(S(=O)(=O)c2ccc(S(C)(=O)=O)nc2)CCC1N.Cl. The van der Waals surface area contributed by atoms with E-state index in [-0.39, 0.29) is 34.3 Å². The van der Waals surface area contributed by atoms with Gasteiger partial charge in [-0.2, -0.15) is 4.31 Å². The predicted octanol–water partition coefficient (Wildman–Crippen LogP) is 0.265. The Morgan fingerprint density at radius 2 is 1.91 bits per heavy atom. The second-order valence-electron chi connectivity index (χ2n) is 5.40. The Balaban J connectivity index is 0.00000242. The summed E-state index contributed by atoms with van der Waals surface area (Å²) in [6.45, 7) is 2.64. The molecule has 10 heteroatoms. The molecule has 2 unspecified atom stereocenters. The second-order valence-corrected chi connectivity index (χ2v) is 9.30. The summed E-state index contributed by atoms with van der Waals surface area (Å²) in [5, 5.41) is -0.143. The highest BCUT2D eigenvalue weighted by molar-refractivity contribution is 7.90. The van der Waals surface area contributed by atoms with E-state index in [1.165, 1.54) is 16.4 Å². The number of aromatic nitrogens is 1. The van der Waals surface area contributed by atoms with E-state index in [4.69, 9.17) is 5.73 Å². The fraction of sp³-hybridized carbons (Fsp3) is 0.583. The molecular formula is C12H20ClN3O4S2. The number of halogens is 1. The molecule has 0 saturated carbocycles. The monoisotopic (exact) mass is 369 g/mol. The van der Waals surface area contributed by atoms with Crippen molar-refractivity contribution in [3.63, 3.8) is 0 Å². The maximum atomic E-state index is 12.5. The molecule has 1 aliphatic rings. The first-order valence-corrected chi connectivity index (χ1v) is 9.87. The summed E-state index contributed by atoms with van der Waals surface area (Å²) in [6.07, 6.45) is 2.72. The van der Waals surface area contributed by atoms with Crippen LogP contribution < -0.4 is 5.73 Å². The van der Waals surface area contributed by atoms with Gasteiger partial charge in [0.25, 0.3) is 0 Å². The van der Waals surface area contributed by atoms with E-state index < -0.39 is 19.9 Å². The van der Waals surface area contributed by atoms with Crippen molar-refractivity contribution in [2.75, 3.05) is 19.3 Å². The molecule has 2 rings (SSSR count). The van der Waals surface area contributed by atoms with Gasteiger partial charge in [-0.05, 0) is 24.5 Å². The third kappa shape index (κ3) is 3.96. The van der Waals surface area contributed by atoms with Crippen LogP contribution in [0.2, 0.25) is 0 Å². The van der Waals surface area contributed by atoms with Crippen LogP contribution in [0.15, 0.2) is 28.3 Å².